The van der Waals surface area contributed by atoms with Gasteiger partial charge in [0.25, 0.3) is 0 Å². The average Bonchev–Trinajstić information content (AvgIpc) is 2.84. The van der Waals surface area contributed by atoms with Gasteiger partial charge >= 0.3 is 11.9 Å². The lowest BCUT2D eigenvalue weighted by atomic mass is 10.0. The topological polar surface area (TPSA) is 63.6 Å². The molecule has 0 aliphatic rings. The predicted octanol–water partition coefficient (Wildman–Crippen LogP) is 10.2. The van der Waals surface area contributed by atoms with Crippen molar-refractivity contribution in [3.8, 4) is 0 Å². The summed E-state index contributed by atoms with van der Waals surface area (Å²) in [5, 5.41) is 8.63. The van der Waals surface area contributed by atoms with Gasteiger partial charge in [-0.15, -0.1) is 0 Å². The Kier molecular flexibility index (Phi) is 26.7. The Morgan fingerprint density at radius 1 is 0.543 bits per heavy atom. The molecule has 208 valence electrons. The molecule has 0 bridgehead atoms. The van der Waals surface area contributed by atoms with E-state index in [1.54, 1.807) is 0 Å². The Morgan fingerprint density at radius 3 is 1.31 bits per heavy atom. The number of carbonyl (C=O) groups excluding carboxylic acids is 1. The smallest absolute Gasteiger partial charge is 0.306 e. The van der Waals surface area contributed by atoms with Crippen molar-refractivity contribution in [3.63, 3.8) is 0 Å². The highest BCUT2D eigenvalue weighted by atomic mass is 16.5. The molecule has 35 heavy (non-hydrogen) atoms. The lowest BCUT2D eigenvalue weighted by molar-refractivity contribution is -0.149. The van der Waals surface area contributed by atoms with Gasteiger partial charge in [0.2, 0.25) is 0 Å². The molecule has 0 rings (SSSR count). The van der Waals surface area contributed by atoms with Crippen molar-refractivity contribution in [1.29, 1.82) is 0 Å². The van der Waals surface area contributed by atoms with E-state index in [1.807, 2.05) is 0 Å². The Bertz CT molecular complexity index is 463. The minimum absolute atomic E-state index is 0.00261. The number of hydrogen-bond acceptors (Lipinski definition) is 3. The molecule has 0 fully saturated rings. The van der Waals surface area contributed by atoms with Crippen molar-refractivity contribution in [2.24, 2.45) is 0 Å². The fraction of sp³-hybridized carbons (Fsp3) is 0.935. The standard InChI is InChI=1S/C31H60O4/c1-3-5-6-7-8-9-10-11-12-16-19-22-25-28-31(34)35-29(4-2)26-23-20-17-14-13-15-18-21-24-27-30(32)33/h29H,3-28H2,1-2H3,(H,32,33). The van der Waals surface area contributed by atoms with Crippen LogP contribution in [0.15, 0.2) is 0 Å². The number of aliphatic carboxylic acids is 1. The quantitative estimate of drug-likeness (QED) is 0.0864. The van der Waals surface area contributed by atoms with Gasteiger partial charge in [0.05, 0.1) is 0 Å². The molecule has 0 aromatic carbocycles. The van der Waals surface area contributed by atoms with Crippen LogP contribution in [0.25, 0.3) is 0 Å². The summed E-state index contributed by atoms with van der Waals surface area (Å²) in [6.07, 6.45) is 30.4. The maximum atomic E-state index is 12.2. The van der Waals surface area contributed by atoms with Crippen molar-refractivity contribution in [3.05, 3.63) is 0 Å². The molecule has 0 aromatic rings. The molecule has 0 saturated heterocycles. The zero-order chi connectivity index (χ0) is 25.8. The molecule has 0 heterocycles. The van der Waals surface area contributed by atoms with Crippen molar-refractivity contribution >= 4 is 11.9 Å². The van der Waals surface area contributed by atoms with Crippen molar-refractivity contribution in [2.45, 2.75) is 187 Å². The highest BCUT2D eigenvalue weighted by Crippen LogP contribution is 2.16. The normalized spacial score (nSPS) is 12.1. The average molecular weight is 497 g/mol. The summed E-state index contributed by atoms with van der Waals surface area (Å²) in [6, 6.07) is 0. The van der Waals surface area contributed by atoms with Gasteiger partial charge in [0.15, 0.2) is 0 Å². The van der Waals surface area contributed by atoms with Gasteiger partial charge in [-0.25, -0.2) is 0 Å². The van der Waals surface area contributed by atoms with Crippen molar-refractivity contribution in [1.82, 2.24) is 0 Å². The Morgan fingerprint density at radius 2 is 0.914 bits per heavy atom. The van der Waals surface area contributed by atoms with Gasteiger partial charge in [0.1, 0.15) is 6.10 Å². The van der Waals surface area contributed by atoms with E-state index in [1.165, 1.54) is 103 Å². The van der Waals surface area contributed by atoms with E-state index in [0.29, 0.717) is 12.8 Å². The largest absolute Gasteiger partial charge is 0.481 e. The number of unbranched alkanes of at least 4 members (excludes halogenated alkanes) is 20. The third-order valence-electron chi connectivity index (χ3n) is 7.15. The molecule has 0 saturated carbocycles. The predicted molar refractivity (Wildman–Crippen MR) is 149 cm³/mol. The number of esters is 1. The number of carboxylic acids is 1. The summed E-state index contributed by atoms with van der Waals surface area (Å²) in [6.45, 7) is 4.39. The Balaban J connectivity index is 3.43. The maximum Gasteiger partial charge on any atom is 0.306 e. The van der Waals surface area contributed by atoms with Crippen LogP contribution in [0.2, 0.25) is 0 Å². The van der Waals surface area contributed by atoms with E-state index in [9.17, 15) is 9.59 Å². The van der Waals surface area contributed by atoms with Crippen LogP contribution in [-0.2, 0) is 14.3 Å². The summed E-state index contributed by atoms with van der Waals surface area (Å²) >= 11 is 0. The summed E-state index contributed by atoms with van der Waals surface area (Å²) < 4.78 is 5.73. The summed E-state index contributed by atoms with van der Waals surface area (Å²) in [5.74, 6) is -0.677. The molecule has 0 aliphatic carbocycles. The SMILES string of the molecule is CCCCCCCCCCCCCCCC(=O)OC(CC)CCCCCCCCCCCC(=O)O. The molecule has 0 radical (unpaired) electrons. The number of rotatable bonds is 28. The first kappa shape index (κ1) is 33.9. The van der Waals surface area contributed by atoms with Crippen molar-refractivity contribution < 1.29 is 19.4 Å². The summed E-state index contributed by atoms with van der Waals surface area (Å²) in [5.41, 5.74) is 0. The van der Waals surface area contributed by atoms with E-state index in [4.69, 9.17) is 9.84 Å². The molecule has 1 unspecified atom stereocenters. The molecule has 0 amide bonds. The number of carbonyl (C=O) groups is 2. The van der Waals surface area contributed by atoms with Crippen LogP contribution in [0.5, 0.6) is 0 Å². The van der Waals surface area contributed by atoms with E-state index in [0.717, 1.165) is 51.4 Å². The highest BCUT2D eigenvalue weighted by Gasteiger charge is 2.12. The van der Waals surface area contributed by atoms with Crippen LogP contribution in [0, 0.1) is 0 Å². The molecule has 4 nitrogen and oxygen atoms in total. The van der Waals surface area contributed by atoms with Crippen LogP contribution >= 0.6 is 0 Å². The monoisotopic (exact) mass is 496 g/mol. The summed E-state index contributed by atoms with van der Waals surface area (Å²) in [4.78, 5) is 22.7. The molecule has 0 aromatic heterocycles. The first-order chi connectivity index (χ1) is 17.1. The second-order valence-corrected chi connectivity index (χ2v) is 10.6. The fourth-order valence-corrected chi connectivity index (χ4v) is 4.76. The van der Waals surface area contributed by atoms with Gasteiger partial charge in [-0.2, -0.15) is 0 Å². The lowest BCUT2D eigenvalue weighted by Crippen LogP contribution is -2.17. The second kappa shape index (κ2) is 27.5. The van der Waals surface area contributed by atoms with Gasteiger partial charge in [0, 0.05) is 12.8 Å². The molecule has 4 heteroatoms. The van der Waals surface area contributed by atoms with E-state index in [-0.39, 0.29) is 12.1 Å². The third kappa shape index (κ3) is 27.4. The first-order valence-corrected chi connectivity index (χ1v) is 15.5. The molecule has 0 aliphatic heterocycles. The van der Waals surface area contributed by atoms with Gasteiger partial charge < -0.3 is 9.84 Å². The Hall–Kier alpha value is -1.06. The highest BCUT2D eigenvalue weighted by molar-refractivity contribution is 5.69. The van der Waals surface area contributed by atoms with E-state index in [2.05, 4.69) is 13.8 Å². The van der Waals surface area contributed by atoms with Gasteiger partial charge in [-0.3, -0.25) is 9.59 Å². The first-order valence-electron chi connectivity index (χ1n) is 15.5. The van der Waals surface area contributed by atoms with Crippen LogP contribution in [0.4, 0.5) is 0 Å². The zero-order valence-corrected chi connectivity index (χ0v) is 23.6. The van der Waals surface area contributed by atoms with E-state index < -0.39 is 5.97 Å². The van der Waals surface area contributed by atoms with Crippen LogP contribution < -0.4 is 0 Å². The van der Waals surface area contributed by atoms with Crippen LogP contribution in [-0.4, -0.2) is 23.1 Å². The summed E-state index contributed by atoms with van der Waals surface area (Å²) in [7, 11) is 0. The van der Waals surface area contributed by atoms with Gasteiger partial charge in [-0.05, 0) is 32.1 Å². The molecular weight excluding hydrogens is 436 g/mol. The second-order valence-electron chi connectivity index (χ2n) is 10.6. The Labute approximate surface area is 218 Å². The number of ether oxygens (including phenoxy) is 1. The number of carboxylic acid groups (broad SMARTS) is 1. The minimum Gasteiger partial charge on any atom is -0.481 e. The van der Waals surface area contributed by atoms with E-state index >= 15 is 0 Å². The van der Waals surface area contributed by atoms with Crippen LogP contribution in [0.3, 0.4) is 0 Å². The number of hydrogen-bond donors (Lipinski definition) is 1. The fourth-order valence-electron chi connectivity index (χ4n) is 4.76. The third-order valence-corrected chi connectivity index (χ3v) is 7.15. The van der Waals surface area contributed by atoms with Gasteiger partial charge in [-0.1, -0.05) is 136 Å². The minimum atomic E-state index is -0.680. The molecule has 1 N–H and O–H groups in total. The zero-order valence-electron chi connectivity index (χ0n) is 23.6. The maximum absolute atomic E-state index is 12.2. The molecule has 0 spiro atoms. The van der Waals surface area contributed by atoms with Crippen molar-refractivity contribution in [2.75, 3.05) is 0 Å². The molecule has 1 atom stereocenters. The van der Waals surface area contributed by atoms with Crippen LogP contribution in [0.1, 0.15) is 181 Å². The lowest BCUT2D eigenvalue weighted by Gasteiger charge is -2.16. The molecular formula is C31H60O4.